The van der Waals surface area contributed by atoms with Crippen LogP contribution in [-0.2, 0) is 0 Å². The average molecular weight is 268 g/mol. The van der Waals surface area contributed by atoms with Gasteiger partial charge in [-0.05, 0) is 29.7 Å². The maximum atomic E-state index is 11.9. The van der Waals surface area contributed by atoms with Crippen molar-refractivity contribution < 1.29 is 4.79 Å². The first kappa shape index (κ1) is 14.3. The molecular formula is C17H20N2O. The molecular weight excluding hydrogens is 248 g/mol. The molecule has 0 saturated heterocycles. The number of hydrogen-bond donors (Lipinski definition) is 2. The Balaban J connectivity index is 1.96. The monoisotopic (exact) mass is 268 g/mol. The van der Waals surface area contributed by atoms with Gasteiger partial charge in [0.1, 0.15) is 0 Å². The molecule has 0 radical (unpaired) electrons. The summed E-state index contributed by atoms with van der Waals surface area (Å²) in [5.41, 5.74) is 8.56. The Hall–Kier alpha value is -2.13. The molecule has 0 aliphatic heterocycles. The third-order valence-corrected chi connectivity index (χ3v) is 3.11. The van der Waals surface area contributed by atoms with E-state index in [0.717, 1.165) is 30.5 Å². The number of amides is 1. The highest BCUT2D eigenvalue weighted by molar-refractivity contribution is 5.94. The van der Waals surface area contributed by atoms with E-state index in [1.807, 2.05) is 42.5 Å². The van der Waals surface area contributed by atoms with Crippen LogP contribution in [0.25, 0.3) is 11.1 Å². The molecule has 20 heavy (non-hydrogen) atoms. The van der Waals surface area contributed by atoms with E-state index in [4.69, 9.17) is 0 Å². The van der Waals surface area contributed by atoms with Gasteiger partial charge in [-0.1, -0.05) is 55.8 Å². The summed E-state index contributed by atoms with van der Waals surface area (Å²) in [5.74, 6) is -0.0966. The van der Waals surface area contributed by atoms with Crippen LogP contribution in [0.1, 0.15) is 30.1 Å². The normalized spacial score (nSPS) is 10.2. The summed E-state index contributed by atoms with van der Waals surface area (Å²) >= 11 is 0. The van der Waals surface area contributed by atoms with E-state index in [0.29, 0.717) is 5.56 Å². The lowest BCUT2D eigenvalue weighted by Gasteiger charge is -2.07. The van der Waals surface area contributed by atoms with Crippen LogP contribution < -0.4 is 10.9 Å². The molecule has 0 fully saturated rings. The van der Waals surface area contributed by atoms with Crippen molar-refractivity contribution in [2.24, 2.45) is 0 Å². The Kier molecular flexibility index (Phi) is 5.33. The minimum Gasteiger partial charge on any atom is -0.287 e. The van der Waals surface area contributed by atoms with Crippen molar-refractivity contribution in [1.29, 1.82) is 0 Å². The van der Waals surface area contributed by atoms with Gasteiger partial charge in [0.15, 0.2) is 0 Å². The van der Waals surface area contributed by atoms with E-state index in [-0.39, 0.29) is 5.91 Å². The van der Waals surface area contributed by atoms with E-state index >= 15 is 0 Å². The maximum Gasteiger partial charge on any atom is 0.265 e. The molecule has 0 aliphatic rings. The third-order valence-electron chi connectivity index (χ3n) is 3.11. The first-order valence-electron chi connectivity index (χ1n) is 7.00. The lowest BCUT2D eigenvalue weighted by atomic mass is 10.0. The molecule has 1 amide bonds. The molecule has 104 valence electrons. The number of hydrazine groups is 1. The standard InChI is InChI=1S/C17H20N2O/c1-2-3-13-18-19-17(20)16-11-9-15(10-12-16)14-7-5-4-6-8-14/h4-12,18H,2-3,13H2,1H3,(H,19,20). The SMILES string of the molecule is CCCCNNC(=O)c1ccc(-c2ccccc2)cc1. The highest BCUT2D eigenvalue weighted by atomic mass is 16.2. The van der Waals surface area contributed by atoms with E-state index in [1.165, 1.54) is 0 Å². The highest BCUT2D eigenvalue weighted by Gasteiger charge is 2.04. The van der Waals surface area contributed by atoms with Crippen LogP contribution in [-0.4, -0.2) is 12.5 Å². The zero-order valence-corrected chi connectivity index (χ0v) is 11.7. The van der Waals surface area contributed by atoms with Gasteiger partial charge in [-0.2, -0.15) is 0 Å². The number of carbonyl (C=O) groups excluding carboxylic acids is 1. The van der Waals surface area contributed by atoms with Crippen molar-refractivity contribution in [2.75, 3.05) is 6.54 Å². The molecule has 2 N–H and O–H groups in total. The molecule has 2 rings (SSSR count). The fraction of sp³-hybridized carbons (Fsp3) is 0.235. The van der Waals surface area contributed by atoms with Crippen molar-refractivity contribution in [3.63, 3.8) is 0 Å². The number of rotatable bonds is 6. The summed E-state index contributed by atoms with van der Waals surface area (Å²) in [6, 6.07) is 17.8. The third kappa shape index (κ3) is 3.93. The summed E-state index contributed by atoms with van der Waals surface area (Å²) in [6.45, 7) is 2.91. The number of benzene rings is 2. The second kappa shape index (κ2) is 7.46. The van der Waals surface area contributed by atoms with E-state index in [2.05, 4.69) is 29.9 Å². The van der Waals surface area contributed by atoms with Gasteiger partial charge < -0.3 is 0 Å². The van der Waals surface area contributed by atoms with Gasteiger partial charge in [0.25, 0.3) is 5.91 Å². The van der Waals surface area contributed by atoms with Crippen LogP contribution >= 0.6 is 0 Å². The number of nitrogens with one attached hydrogen (secondary N) is 2. The number of carbonyl (C=O) groups is 1. The van der Waals surface area contributed by atoms with Crippen molar-refractivity contribution in [2.45, 2.75) is 19.8 Å². The summed E-state index contributed by atoms with van der Waals surface area (Å²) in [7, 11) is 0. The van der Waals surface area contributed by atoms with Gasteiger partial charge in [0.05, 0.1) is 0 Å². The van der Waals surface area contributed by atoms with Crippen molar-refractivity contribution in [3.05, 3.63) is 60.2 Å². The molecule has 2 aromatic carbocycles. The van der Waals surface area contributed by atoms with Crippen LogP contribution in [0.4, 0.5) is 0 Å². The first-order chi connectivity index (χ1) is 9.81. The molecule has 0 aliphatic carbocycles. The molecule has 0 spiro atoms. The number of hydrogen-bond acceptors (Lipinski definition) is 2. The second-order valence-electron chi connectivity index (χ2n) is 4.68. The predicted molar refractivity (Wildman–Crippen MR) is 82.3 cm³/mol. The molecule has 2 aromatic rings. The lowest BCUT2D eigenvalue weighted by molar-refractivity contribution is 0.0933. The van der Waals surface area contributed by atoms with Crippen LogP contribution in [0.5, 0.6) is 0 Å². The minimum absolute atomic E-state index is 0.0966. The molecule has 3 nitrogen and oxygen atoms in total. The van der Waals surface area contributed by atoms with Gasteiger partial charge in [-0.15, -0.1) is 0 Å². The summed E-state index contributed by atoms with van der Waals surface area (Å²) in [5, 5.41) is 0. The van der Waals surface area contributed by atoms with Gasteiger partial charge in [-0.3, -0.25) is 10.2 Å². The van der Waals surface area contributed by atoms with E-state index in [1.54, 1.807) is 0 Å². The quantitative estimate of drug-likeness (QED) is 0.623. The van der Waals surface area contributed by atoms with Gasteiger partial charge >= 0.3 is 0 Å². The Morgan fingerprint density at radius 3 is 2.25 bits per heavy atom. The molecule has 0 heterocycles. The first-order valence-corrected chi connectivity index (χ1v) is 7.00. The van der Waals surface area contributed by atoms with Crippen LogP contribution in [0.15, 0.2) is 54.6 Å². The van der Waals surface area contributed by atoms with Crippen LogP contribution in [0.2, 0.25) is 0 Å². The summed E-state index contributed by atoms with van der Waals surface area (Å²) in [4.78, 5) is 11.9. The Morgan fingerprint density at radius 1 is 0.950 bits per heavy atom. The molecule has 0 saturated carbocycles. The largest absolute Gasteiger partial charge is 0.287 e. The van der Waals surface area contributed by atoms with E-state index in [9.17, 15) is 4.79 Å². The molecule has 3 heteroatoms. The van der Waals surface area contributed by atoms with Crippen molar-refractivity contribution in [3.8, 4) is 11.1 Å². The molecule has 0 aromatic heterocycles. The summed E-state index contributed by atoms with van der Waals surface area (Å²) in [6.07, 6.45) is 2.15. The molecule has 0 atom stereocenters. The van der Waals surface area contributed by atoms with E-state index < -0.39 is 0 Å². The maximum absolute atomic E-state index is 11.9. The molecule has 0 unspecified atom stereocenters. The summed E-state index contributed by atoms with van der Waals surface area (Å²) < 4.78 is 0. The zero-order chi connectivity index (χ0) is 14.2. The topological polar surface area (TPSA) is 41.1 Å². The minimum atomic E-state index is -0.0966. The fourth-order valence-corrected chi connectivity index (χ4v) is 1.92. The van der Waals surface area contributed by atoms with Gasteiger partial charge in [0, 0.05) is 12.1 Å². The van der Waals surface area contributed by atoms with Crippen molar-refractivity contribution >= 4 is 5.91 Å². The smallest absolute Gasteiger partial charge is 0.265 e. The van der Waals surface area contributed by atoms with Gasteiger partial charge in [0.2, 0.25) is 0 Å². The average Bonchev–Trinajstić information content (AvgIpc) is 2.52. The molecule has 0 bridgehead atoms. The highest BCUT2D eigenvalue weighted by Crippen LogP contribution is 2.19. The van der Waals surface area contributed by atoms with Crippen molar-refractivity contribution in [1.82, 2.24) is 10.9 Å². The Bertz CT molecular complexity index is 535. The number of unbranched alkanes of at least 4 members (excludes halogenated alkanes) is 1. The second-order valence-corrected chi connectivity index (χ2v) is 4.68. The predicted octanol–water partition coefficient (Wildman–Crippen LogP) is 3.39. The fourth-order valence-electron chi connectivity index (χ4n) is 1.92. The zero-order valence-electron chi connectivity index (χ0n) is 11.7. The van der Waals surface area contributed by atoms with Gasteiger partial charge in [-0.25, -0.2) is 5.43 Å². The Morgan fingerprint density at radius 2 is 1.60 bits per heavy atom. The van der Waals surface area contributed by atoms with Crippen LogP contribution in [0.3, 0.4) is 0 Å². The van der Waals surface area contributed by atoms with Crippen LogP contribution in [0, 0.1) is 0 Å². The lowest BCUT2D eigenvalue weighted by Crippen LogP contribution is -2.37. The Labute approximate surface area is 120 Å².